The molecule has 1 saturated heterocycles. The first-order valence-corrected chi connectivity index (χ1v) is 8.71. The van der Waals surface area contributed by atoms with Crippen molar-refractivity contribution in [3.63, 3.8) is 0 Å². The number of guanidine groups is 1. The number of rotatable bonds is 6. The van der Waals surface area contributed by atoms with Crippen molar-refractivity contribution in [3.05, 3.63) is 34.9 Å². The summed E-state index contributed by atoms with van der Waals surface area (Å²) < 4.78 is 5.29. The van der Waals surface area contributed by atoms with Crippen molar-refractivity contribution in [1.29, 1.82) is 0 Å². The zero-order valence-electron chi connectivity index (χ0n) is 15.1. The number of nitrogens with zero attached hydrogens (tertiary/aromatic N) is 2. The second kappa shape index (κ2) is 8.92. The van der Waals surface area contributed by atoms with Gasteiger partial charge in [0.2, 0.25) is 0 Å². The lowest BCUT2D eigenvalue weighted by atomic mass is 10.1. The third-order valence-electron chi connectivity index (χ3n) is 4.27. The molecule has 4 nitrogen and oxygen atoms in total. The molecular weight excluding hydrogens is 286 g/mol. The second-order valence-electron chi connectivity index (χ2n) is 6.54. The van der Waals surface area contributed by atoms with E-state index in [-0.39, 0.29) is 0 Å². The van der Waals surface area contributed by atoms with Crippen LogP contribution in [0.3, 0.4) is 0 Å². The summed E-state index contributed by atoms with van der Waals surface area (Å²) in [4.78, 5) is 7.21. The molecule has 0 aromatic heterocycles. The lowest BCUT2D eigenvalue weighted by Crippen LogP contribution is -2.40. The van der Waals surface area contributed by atoms with Crippen LogP contribution in [-0.2, 0) is 11.2 Å². The lowest BCUT2D eigenvalue weighted by molar-refractivity contribution is 0.157. The highest BCUT2D eigenvalue weighted by Crippen LogP contribution is 2.16. The molecule has 1 N–H and O–H groups in total. The minimum Gasteiger partial charge on any atom is -0.384 e. The van der Waals surface area contributed by atoms with Crippen molar-refractivity contribution in [1.82, 2.24) is 10.2 Å². The van der Waals surface area contributed by atoms with Gasteiger partial charge in [-0.25, -0.2) is 0 Å². The number of likely N-dealkylation sites (tertiary alicyclic amines) is 1. The van der Waals surface area contributed by atoms with Crippen molar-refractivity contribution < 1.29 is 4.74 Å². The van der Waals surface area contributed by atoms with Gasteiger partial charge in [-0.05, 0) is 39.2 Å². The highest BCUT2D eigenvalue weighted by molar-refractivity contribution is 5.80. The zero-order chi connectivity index (χ0) is 16.7. The van der Waals surface area contributed by atoms with Gasteiger partial charge in [0.05, 0.1) is 6.61 Å². The van der Waals surface area contributed by atoms with Gasteiger partial charge in [0, 0.05) is 39.2 Å². The van der Waals surface area contributed by atoms with Gasteiger partial charge in [-0.3, -0.25) is 4.99 Å². The largest absolute Gasteiger partial charge is 0.384 e. The third kappa shape index (κ3) is 5.54. The van der Waals surface area contributed by atoms with E-state index >= 15 is 0 Å². The molecule has 23 heavy (non-hydrogen) atoms. The van der Waals surface area contributed by atoms with Crippen LogP contribution in [0.5, 0.6) is 0 Å². The Morgan fingerprint density at radius 2 is 2.04 bits per heavy atom. The van der Waals surface area contributed by atoms with Crippen LogP contribution < -0.4 is 5.32 Å². The molecule has 1 atom stereocenters. The van der Waals surface area contributed by atoms with E-state index < -0.39 is 0 Å². The molecule has 1 aromatic carbocycles. The first-order chi connectivity index (χ1) is 11.1. The monoisotopic (exact) mass is 317 g/mol. The summed E-state index contributed by atoms with van der Waals surface area (Å²) >= 11 is 0. The summed E-state index contributed by atoms with van der Waals surface area (Å²) in [6.45, 7) is 11.1. The Balaban J connectivity index is 1.93. The van der Waals surface area contributed by atoms with Crippen LogP contribution in [0.1, 0.15) is 30.0 Å². The number of benzene rings is 1. The van der Waals surface area contributed by atoms with E-state index in [0.29, 0.717) is 5.92 Å². The second-order valence-corrected chi connectivity index (χ2v) is 6.54. The fourth-order valence-electron chi connectivity index (χ4n) is 3.33. The summed E-state index contributed by atoms with van der Waals surface area (Å²) in [7, 11) is 1.78. The average Bonchev–Trinajstić information content (AvgIpc) is 2.94. The minimum atomic E-state index is 0.628. The summed E-state index contributed by atoms with van der Waals surface area (Å²) in [5, 5.41) is 3.43. The molecule has 4 heteroatoms. The molecule has 1 unspecified atom stereocenters. The van der Waals surface area contributed by atoms with Gasteiger partial charge in [-0.15, -0.1) is 0 Å². The summed E-state index contributed by atoms with van der Waals surface area (Å²) in [6, 6.07) is 6.75. The fraction of sp³-hybridized carbons (Fsp3) is 0.632. The van der Waals surface area contributed by atoms with Crippen molar-refractivity contribution in [2.24, 2.45) is 10.9 Å². The quantitative estimate of drug-likeness (QED) is 0.647. The smallest absolute Gasteiger partial charge is 0.193 e. The van der Waals surface area contributed by atoms with E-state index in [1.165, 1.54) is 23.1 Å². The number of aliphatic imine (C=N–C) groups is 1. The average molecular weight is 317 g/mol. The SMILES string of the molecule is CCNC(=NCCc1cc(C)cc(C)c1)N1CCC(COC)C1. The molecule has 2 rings (SSSR count). The lowest BCUT2D eigenvalue weighted by Gasteiger charge is -2.21. The van der Waals surface area contributed by atoms with Gasteiger partial charge in [0.25, 0.3) is 0 Å². The topological polar surface area (TPSA) is 36.9 Å². The van der Waals surface area contributed by atoms with Gasteiger partial charge in [-0.1, -0.05) is 29.3 Å². The highest BCUT2D eigenvalue weighted by atomic mass is 16.5. The van der Waals surface area contributed by atoms with Gasteiger partial charge in [0.1, 0.15) is 0 Å². The van der Waals surface area contributed by atoms with Crippen LogP contribution in [0.2, 0.25) is 0 Å². The Hall–Kier alpha value is -1.55. The molecular formula is C19H31N3O. The van der Waals surface area contributed by atoms with E-state index in [2.05, 4.69) is 49.2 Å². The van der Waals surface area contributed by atoms with Crippen molar-refractivity contribution in [3.8, 4) is 0 Å². The first-order valence-electron chi connectivity index (χ1n) is 8.71. The fourth-order valence-corrected chi connectivity index (χ4v) is 3.33. The third-order valence-corrected chi connectivity index (χ3v) is 4.27. The molecule has 0 amide bonds. The van der Waals surface area contributed by atoms with Crippen molar-refractivity contribution in [2.45, 2.75) is 33.6 Å². The summed E-state index contributed by atoms with van der Waals surface area (Å²) in [6.07, 6.45) is 2.18. The maximum atomic E-state index is 5.29. The molecule has 128 valence electrons. The maximum Gasteiger partial charge on any atom is 0.193 e. The number of hydrogen-bond donors (Lipinski definition) is 1. The van der Waals surface area contributed by atoms with E-state index in [4.69, 9.17) is 9.73 Å². The molecule has 0 radical (unpaired) electrons. The van der Waals surface area contributed by atoms with Gasteiger partial charge < -0.3 is 15.0 Å². The molecule has 0 aliphatic carbocycles. The molecule has 0 spiro atoms. The Morgan fingerprint density at radius 1 is 1.30 bits per heavy atom. The van der Waals surface area contributed by atoms with E-state index in [9.17, 15) is 0 Å². The number of methoxy groups -OCH3 is 1. The predicted molar refractivity (Wildman–Crippen MR) is 97.2 cm³/mol. The van der Waals surface area contributed by atoms with Crippen molar-refractivity contribution in [2.75, 3.05) is 39.9 Å². The molecule has 1 heterocycles. The Kier molecular flexibility index (Phi) is 6.90. The number of nitrogens with one attached hydrogen (secondary N) is 1. The normalized spacial score (nSPS) is 18.5. The highest BCUT2D eigenvalue weighted by Gasteiger charge is 2.24. The minimum absolute atomic E-state index is 0.628. The molecule has 0 bridgehead atoms. The molecule has 0 saturated carbocycles. The molecule has 1 fully saturated rings. The Bertz CT molecular complexity index is 507. The molecule has 1 aliphatic rings. The maximum absolute atomic E-state index is 5.29. The molecule has 1 aliphatic heterocycles. The van der Waals surface area contributed by atoms with Crippen molar-refractivity contribution >= 4 is 5.96 Å². The Morgan fingerprint density at radius 3 is 2.70 bits per heavy atom. The van der Waals surface area contributed by atoms with Crippen LogP contribution in [0, 0.1) is 19.8 Å². The van der Waals surface area contributed by atoms with Crippen LogP contribution in [-0.4, -0.2) is 50.8 Å². The van der Waals surface area contributed by atoms with Crippen LogP contribution >= 0.6 is 0 Å². The van der Waals surface area contributed by atoms with E-state index in [0.717, 1.165) is 45.2 Å². The van der Waals surface area contributed by atoms with Gasteiger partial charge >= 0.3 is 0 Å². The predicted octanol–water partition coefficient (Wildman–Crippen LogP) is 2.78. The van der Waals surface area contributed by atoms with Crippen LogP contribution in [0.15, 0.2) is 23.2 Å². The number of aryl methyl sites for hydroxylation is 2. The number of hydrogen-bond acceptors (Lipinski definition) is 2. The Labute approximate surface area is 140 Å². The van der Waals surface area contributed by atoms with Gasteiger partial charge in [0.15, 0.2) is 5.96 Å². The van der Waals surface area contributed by atoms with Gasteiger partial charge in [-0.2, -0.15) is 0 Å². The standard InChI is InChI=1S/C19H31N3O/c1-5-20-19(22-9-7-18(13-22)14-23-4)21-8-6-17-11-15(2)10-16(3)12-17/h10-12,18H,5-9,13-14H2,1-4H3,(H,20,21). The number of ether oxygens (including phenoxy) is 1. The van der Waals surface area contributed by atoms with E-state index in [1.807, 2.05) is 0 Å². The first kappa shape index (κ1) is 17.8. The zero-order valence-corrected chi connectivity index (χ0v) is 15.1. The molecule has 1 aromatic rings. The van der Waals surface area contributed by atoms with E-state index in [1.54, 1.807) is 7.11 Å². The summed E-state index contributed by atoms with van der Waals surface area (Å²) in [5.74, 6) is 1.68. The summed E-state index contributed by atoms with van der Waals surface area (Å²) in [5.41, 5.74) is 4.04. The van der Waals surface area contributed by atoms with Crippen LogP contribution in [0.25, 0.3) is 0 Å². The van der Waals surface area contributed by atoms with Crippen LogP contribution in [0.4, 0.5) is 0 Å².